The summed E-state index contributed by atoms with van der Waals surface area (Å²) in [5.41, 5.74) is 7.94. The number of aryl methyl sites for hydroxylation is 1. The van der Waals surface area contributed by atoms with Crippen LogP contribution in [0.2, 0.25) is 0 Å². The molecule has 0 aliphatic carbocycles. The van der Waals surface area contributed by atoms with Crippen LogP contribution in [0, 0.1) is 12.3 Å². The van der Waals surface area contributed by atoms with Crippen LogP contribution in [0.15, 0.2) is 0 Å². The molecule has 0 aromatic carbocycles. The quantitative estimate of drug-likeness (QED) is 0.702. The molecule has 1 aliphatic heterocycles. The molecule has 2 heterocycles. The van der Waals surface area contributed by atoms with Gasteiger partial charge in [-0.3, -0.25) is 4.68 Å². The molecule has 6 heteroatoms. The molecule has 0 bridgehead atoms. The Balaban J connectivity index is 2.50. The molecular formula is C10H13N3O2S. The molecule has 0 radical (unpaired) electrons. The molecular weight excluding hydrogens is 226 g/mol. The van der Waals surface area contributed by atoms with Gasteiger partial charge in [0.15, 0.2) is 9.84 Å². The zero-order valence-electron chi connectivity index (χ0n) is 8.81. The maximum Gasteiger partial charge on any atom is 0.154 e. The summed E-state index contributed by atoms with van der Waals surface area (Å²) in [6.45, 7) is 0.596. The molecule has 5 nitrogen and oxygen atoms in total. The highest BCUT2D eigenvalue weighted by molar-refractivity contribution is 7.90. The fourth-order valence-corrected chi connectivity index (χ4v) is 3.37. The Kier molecular flexibility index (Phi) is 2.74. The van der Waals surface area contributed by atoms with Crippen molar-refractivity contribution in [2.75, 3.05) is 5.75 Å². The van der Waals surface area contributed by atoms with Gasteiger partial charge in [-0.15, -0.1) is 6.42 Å². The summed E-state index contributed by atoms with van der Waals surface area (Å²) in [7, 11) is -2.99. The average Bonchev–Trinajstić information content (AvgIpc) is 2.54. The van der Waals surface area contributed by atoms with Gasteiger partial charge in [-0.1, -0.05) is 5.92 Å². The first-order chi connectivity index (χ1) is 7.57. The van der Waals surface area contributed by atoms with E-state index in [4.69, 9.17) is 12.2 Å². The second kappa shape index (κ2) is 3.92. The van der Waals surface area contributed by atoms with Crippen LogP contribution in [-0.2, 0) is 35.1 Å². The molecule has 0 fully saturated rings. The van der Waals surface area contributed by atoms with Crippen LogP contribution in [0.3, 0.4) is 0 Å². The van der Waals surface area contributed by atoms with Crippen molar-refractivity contribution in [3.05, 3.63) is 17.0 Å². The van der Waals surface area contributed by atoms with Gasteiger partial charge in [0, 0.05) is 18.5 Å². The van der Waals surface area contributed by atoms with Crippen molar-refractivity contribution in [1.82, 2.24) is 9.78 Å². The molecule has 2 N–H and O–H groups in total. The van der Waals surface area contributed by atoms with Crippen molar-refractivity contribution in [2.24, 2.45) is 5.73 Å². The van der Waals surface area contributed by atoms with Crippen LogP contribution >= 0.6 is 0 Å². The number of sulfone groups is 1. The molecule has 0 spiro atoms. The first-order valence-electron chi connectivity index (χ1n) is 4.99. The van der Waals surface area contributed by atoms with Crippen LogP contribution in [0.1, 0.15) is 17.0 Å². The lowest BCUT2D eigenvalue weighted by atomic mass is 10.1. The number of terminal acetylenes is 1. The Morgan fingerprint density at radius 3 is 2.94 bits per heavy atom. The standard InChI is InChI=1S/C10H13N3O2S/c1-2-4-13-10(6-11)8-7-16(14,15)5-3-9(8)12-13/h1H,3-7,11H2. The van der Waals surface area contributed by atoms with Crippen molar-refractivity contribution in [3.8, 4) is 12.3 Å². The van der Waals surface area contributed by atoms with Crippen LogP contribution < -0.4 is 5.73 Å². The highest BCUT2D eigenvalue weighted by atomic mass is 32.2. The Labute approximate surface area is 94.6 Å². The van der Waals surface area contributed by atoms with Gasteiger partial charge in [0.25, 0.3) is 0 Å². The lowest BCUT2D eigenvalue weighted by molar-refractivity contribution is 0.591. The molecule has 0 saturated heterocycles. The minimum absolute atomic E-state index is 0.0411. The third-order valence-corrected chi connectivity index (χ3v) is 4.25. The Bertz CT molecular complexity index is 551. The summed E-state index contributed by atoms with van der Waals surface area (Å²) >= 11 is 0. The van der Waals surface area contributed by atoms with Crippen molar-refractivity contribution in [3.63, 3.8) is 0 Å². The summed E-state index contributed by atoms with van der Waals surface area (Å²) in [5.74, 6) is 2.69. The Hall–Kier alpha value is -1.32. The summed E-state index contributed by atoms with van der Waals surface area (Å²) in [4.78, 5) is 0. The Morgan fingerprint density at radius 2 is 2.31 bits per heavy atom. The maximum atomic E-state index is 11.5. The van der Waals surface area contributed by atoms with Crippen LogP contribution in [0.4, 0.5) is 0 Å². The van der Waals surface area contributed by atoms with Gasteiger partial charge in [0.2, 0.25) is 0 Å². The minimum atomic E-state index is -2.99. The summed E-state index contributed by atoms with van der Waals surface area (Å²) in [6.07, 6.45) is 5.69. The highest BCUT2D eigenvalue weighted by Crippen LogP contribution is 2.23. The number of nitrogens with two attached hydrogens (primary N) is 1. The van der Waals surface area contributed by atoms with Crippen molar-refractivity contribution < 1.29 is 8.42 Å². The third kappa shape index (κ3) is 1.84. The van der Waals surface area contributed by atoms with E-state index >= 15 is 0 Å². The largest absolute Gasteiger partial charge is 0.325 e. The van der Waals surface area contributed by atoms with Gasteiger partial charge >= 0.3 is 0 Å². The van der Waals surface area contributed by atoms with E-state index in [1.807, 2.05) is 0 Å². The van der Waals surface area contributed by atoms with E-state index in [0.29, 0.717) is 13.0 Å². The number of fused-ring (bicyclic) bond motifs is 1. The maximum absolute atomic E-state index is 11.5. The summed E-state index contributed by atoms with van der Waals surface area (Å²) < 4.78 is 24.7. The van der Waals surface area contributed by atoms with Gasteiger partial charge in [-0.2, -0.15) is 5.10 Å². The van der Waals surface area contributed by atoms with Gasteiger partial charge < -0.3 is 5.73 Å². The van der Waals surface area contributed by atoms with Gasteiger partial charge in [-0.25, -0.2) is 8.42 Å². The predicted molar refractivity (Wildman–Crippen MR) is 60.1 cm³/mol. The van der Waals surface area contributed by atoms with E-state index in [1.165, 1.54) is 0 Å². The van der Waals surface area contributed by atoms with Crippen LogP contribution in [0.25, 0.3) is 0 Å². The Morgan fingerprint density at radius 1 is 1.56 bits per heavy atom. The normalized spacial score (nSPS) is 17.8. The van der Waals surface area contributed by atoms with Gasteiger partial charge in [-0.05, 0) is 0 Å². The first kappa shape index (κ1) is 11.2. The molecule has 0 saturated carbocycles. The molecule has 0 atom stereocenters. The number of hydrogen-bond donors (Lipinski definition) is 1. The number of rotatable bonds is 2. The number of nitrogens with zero attached hydrogens (tertiary/aromatic N) is 2. The van der Waals surface area contributed by atoms with Crippen molar-refractivity contribution in [1.29, 1.82) is 0 Å². The average molecular weight is 239 g/mol. The summed E-state index contributed by atoms with van der Waals surface area (Å²) in [5, 5.41) is 4.31. The molecule has 0 unspecified atom stereocenters. The fraction of sp³-hybridized carbons (Fsp3) is 0.500. The van der Waals surface area contributed by atoms with Crippen molar-refractivity contribution >= 4 is 9.84 Å². The second-order valence-corrected chi connectivity index (χ2v) is 5.96. The lowest BCUT2D eigenvalue weighted by Gasteiger charge is -2.11. The molecule has 1 aliphatic rings. The van der Waals surface area contributed by atoms with Gasteiger partial charge in [0.05, 0.1) is 22.9 Å². The van der Waals surface area contributed by atoms with E-state index in [2.05, 4.69) is 11.0 Å². The third-order valence-electron chi connectivity index (χ3n) is 2.70. The molecule has 1 aromatic heterocycles. The topological polar surface area (TPSA) is 78.0 Å². The summed E-state index contributed by atoms with van der Waals surface area (Å²) in [6, 6.07) is 0. The molecule has 1 aromatic rings. The van der Waals surface area contributed by atoms with Crippen molar-refractivity contribution in [2.45, 2.75) is 25.3 Å². The zero-order chi connectivity index (χ0) is 11.8. The predicted octanol–water partition coefficient (Wildman–Crippen LogP) is -0.554. The van der Waals surface area contributed by atoms with E-state index in [1.54, 1.807) is 4.68 Å². The molecule has 16 heavy (non-hydrogen) atoms. The SMILES string of the molecule is C#CCn1nc2c(c1CN)CS(=O)(=O)CC2. The van der Waals surface area contributed by atoms with Crippen LogP contribution in [-0.4, -0.2) is 24.0 Å². The zero-order valence-corrected chi connectivity index (χ0v) is 9.63. The highest BCUT2D eigenvalue weighted by Gasteiger charge is 2.27. The molecule has 2 rings (SSSR count). The fourth-order valence-electron chi connectivity index (χ4n) is 1.95. The number of hydrogen-bond acceptors (Lipinski definition) is 4. The molecule has 86 valence electrons. The van der Waals surface area contributed by atoms with Crippen LogP contribution in [0.5, 0.6) is 0 Å². The van der Waals surface area contributed by atoms with Gasteiger partial charge in [0.1, 0.15) is 6.54 Å². The van der Waals surface area contributed by atoms with E-state index in [0.717, 1.165) is 17.0 Å². The second-order valence-electron chi connectivity index (χ2n) is 3.78. The lowest BCUT2D eigenvalue weighted by Crippen LogP contribution is -2.19. The van der Waals surface area contributed by atoms with E-state index in [9.17, 15) is 8.42 Å². The smallest absolute Gasteiger partial charge is 0.154 e. The monoisotopic (exact) mass is 239 g/mol. The van der Waals surface area contributed by atoms with E-state index in [-0.39, 0.29) is 18.1 Å². The number of aromatic nitrogens is 2. The molecule has 0 amide bonds. The van der Waals surface area contributed by atoms with E-state index < -0.39 is 9.84 Å². The first-order valence-corrected chi connectivity index (χ1v) is 6.81. The minimum Gasteiger partial charge on any atom is -0.325 e.